The number of aromatic nitrogens is 2. The van der Waals surface area contributed by atoms with E-state index in [9.17, 15) is 29.8 Å². The number of pyridine rings is 2. The van der Waals surface area contributed by atoms with E-state index < -0.39 is 9.85 Å². The third kappa shape index (κ3) is 24.4. The fourth-order valence-corrected chi connectivity index (χ4v) is 7.01. The number of hydrogen-bond acceptors (Lipinski definition) is 14. The number of thiol groups is 1. The Hall–Kier alpha value is -4.74. The van der Waals surface area contributed by atoms with Crippen molar-refractivity contribution in [1.29, 1.82) is 0 Å². The van der Waals surface area contributed by atoms with Crippen molar-refractivity contribution >= 4 is 63.9 Å². The van der Waals surface area contributed by atoms with Crippen LogP contribution in [0.25, 0.3) is 0 Å². The minimum Gasteiger partial charge on any atom is -0.484 e. The monoisotopic (exact) mass is 988 g/mol. The molecule has 0 saturated heterocycles. The number of carbonyl (C=O) groups is 2. The molecule has 0 spiro atoms. The number of carbonyl (C=O) groups excluding carboxylic acids is 2. The maximum absolute atomic E-state index is 12.1. The van der Waals surface area contributed by atoms with Gasteiger partial charge in [-0.3, -0.25) is 9.59 Å². The molecule has 352 valence electrons. The van der Waals surface area contributed by atoms with Gasteiger partial charge in [0.25, 0.3) is 9.63 Å². The van der Waals surface area contributed by atoms with Gasteiger partial charge in [0.05, 0.1) is 26.1 Å². The second kappa shape index (κ2) is 34.6. The topological polar surface area (TPSA) is 183 Å². The molecule has 64 heavy (non-hydrogen) atoms. The van der Waals surface area contributed by atoms with E-state index in [0.29, 0.717) is 77.3 Å². The predicted octanol–water partition coefficient (Wildman–Crippen LogP) is 12.8. The Morgan fingerprint density at radius 2 is 1.14 bits per heavy atom. The summed E-state index contributed by atoms with van der Waals surface area (Å²) in [4.78, 5) is 51.6. The van der Waals surface area contributed by atoms with Gasteiger partial charge in [-0.05, 0) is 67.8 Å². The highest BCUT2D eigenvalue weighted by Gasteiger charge is 2.19. The maximum Gasteiger partial charge on any atom is 0.364 e. The highest BCUT2D eigenvalue weighted by Crippen LogP contribution is 2.31. The summed E-state index contributed by atoms with van der Waals surface area (Å²) in [5.41, 5.74) is 2.00. The molecule has 14 nitrogen and oxygen atoms in total. The minimum absolute atomic E-state index is 0. The SMILES string of the molecule is C.CCCCC(CC)COC(=O)CCS.CCCCC(CC)COC(=O)CCSc1nc([N+](=O)[O-])ccc1OCc1ccccc1.O=[N+]([O-])c1ccc(OCc2ccccc2)c(Br)n1. The van der Waals surface area contributed by atoms with E-state index in [0.717, 1.165) is 43.2 Å². The Morgan fingerprint density at radius 3 is 1.58 bits per heavy atom. The minimum atomic E-state index is -0.550. The first-order valence-electron chi connectivity index (χ1n) is 21.3. The van der Waals surface area contributed by atoms with E-state index in [2.05, 4.69) is 66.2 Å². The molecule has 17 heteroatoms. The van der Waals surface area contributed by atoms with Crippen LogP contribution in [0.5, 0.6) is 11.5 Å². The molecule has 2 heterocycles. The molecule has 0 fully saturated rings. The summed E-state index contributed by atoms with van der Waals surface area (Å²) in [6.45, 7) is 10.3. The molecule has 0 amide bonds. The number of thioether (sulfide) groups is 1. The van der Waals surface area contributed by atoms with Crippen LogP contribution in [0.15, 0.2) is 94.6 Å². The van der Waals surface area contributed by atoms with Crippen molar-refractivity contribution < 1.29 is 38.4 Å². The Morgan fingerprint density at radius 1 is 0.688 bits per heavy atom. The zero-order chi connectivity index (χ0) is 46.2. The van der Waals surface area contributed by atoms with Crippen LogP contribution < -0.4 is 9.47 Å². The molecule has 0 N–H and O–H groups in total. The molecule has 4 rings (SSSR count). The Labute approximate surface area is 396 Å². The molecule has 0 bridgehead atoms. The van der Waals surface area contributed by atoms with Gasteiger partial charge in [-0.15, -0.1) is 0 Å². The molecule has 0 radical (unpaired) electrons. The molecular formula is C47H65BrN4O10S2. The fourth-order valence-electron chi connectivity index (χ4n) is 5.51. The van der Waals surface area contributed by atoms with Crippen molar-refractivity contribution in [3.05, 3.63) is 121 Å². The van der Waals surface area contributed by atoms with Crippen molar-refractivity contribution in [2.75, 3.05) is 24.7 Å². The van der Waals surface area contributed by atoms with Crippen LogP contribution in [0.1, 0.15) is 110 Å². The average Bonchev–Trinajstić information content (AvgIpc) is 3.29. The first-order valence-corrected chi connectivity index (χ1v) is 23.7. The lowest BCUT2D eigenvalue weighted by Crippen LogP contribution is -2.14. The summed E-state index contributed by atoms with van der Waals surface area (Å²) < 4.78 is 22.2. The van der Waals surface area contributed by atoms with E-state index in [1.54, 1.807) is 6.07 Å². The normalized spacial score (nSPS) is 11.2. The summed E-state index contributed by atoms with van der Waals surface area (Å²) in [6, 6.07) is 25.0. The Bertz CT molecular complexity index is 1930. The molecule has 0 aliphatic rings. The summed E-state index contributed by atoms with van der Waals surface area (Å²) in [6.07, 6.45) is 9.64. The molecular weight excluding hydrogens is 925 g/mol. The maximum atomic E-state index is 12.1. The smallest absolute Gasteiger partial charge is 0.364 e. The molecule has 0 saturated carbocycles. The quantitative estimate of drug-likeness (QED) is 0.0157. The molecule has 2 atom stereocenters. The zero-order valence-electron chi connectivity index (χ0n) is 36.7. The van der Waals surface area contributed by atoms with E-state index in [4.69, 9.17) is 18.9 Å². The van der Waals surface area contributed by atoms with Crippen molar-refractivity contribution in [2.45, 2.75) is 118 Å². The van der Waals surface area contributed by atoms with E-state index >= 15 is 0 Å². The van der Waals surface area contributed by atoms with Gasteiger partial charge in [-0.25, -0.2) is 0 Å². The second-order valence-corrected chi connectivity index (χ2v) is 16.5. The lowest BCUT2D eigenvalue weighted by Gasteiger charge is -2.14. The average molecular weight is 990 g/mol. The van der Waals surface area contributed by atoms with Gasteiger partial charge in [0, 0.05) is 39.6 Å². The standard InChI is InChI=1S/C23H30N2O5S.C12H9BrN2O3.C11H22O2S.CH4/c1-3-5-9-18(4-2)16-30-22(26)14-15-31-23-20(12-13-21(24-23)25(27)28)29-17-19-10-7-6-8-11-19;13-12-10(6-7-11(14-12)15(16)17)18-8-9-4-2-1-3-5-9;1-3-5-6-10(4-2)9-13-11(12)7-8-14;/h6-8,10-13,18H,3-5,9,14-17H2,1-2H3;1-7H,8H2;10,14H,3-9H2,1-2H3;1H4. The van der Waals surface area contributed by atoms with Gasteiger partial charge in [0.2, 0.25) is 0 Å². The first-order chi connectivity index (χ1) is 30.4. The number of esters is 2. The number of unbranched alkanes of at least 4 members (excludes halogenated alkanes) is 2. The van der Waals surface area contributed by atoms with Crippen molar-refractivity contribution in [1.82, 2.24) is 9.97 Å². The predicted molar refractivity (Wildman–Crippen MR) is 260 cm³/mol. The molecule has 2 aromatic heterocycles. The molecule has 2 unspecified atom stereocenters. The van der Waals surface area contributed by atoms with Crippen LogP contribution in [0, 0.1) is 32.1 Å². The number of nitro groups is 2. The van der Waals surface area contributed by atoms with Gasteiger partial charge in [0.15, 0.2) is 11.5 Å². The van der Waals surface area contributed by atoms with E-state index in [1.165, 1.54) is 49.2 Å². The largest absolute Gasteiger partial charge is 0.484 e. The molecule has 0 aliphatic carbocycles. The van der Waals surface area contributed by atoms with Crippen LogP contribution >= 0.6 is 40.3 Å². The number of hydrogen-bond donors (Lipinski definition) is 1. The number of halogens is 1. The van der Waals surface area contributed by atoms with Crippen molar-refractivity contribution in [3.8, 4) is 11.5 Å². The molecule has 2 aromatic carbocycles. The number of ether oxygens (including phenoxy) is 4. The van der Waals surface area contributed by atoms with Gasteiger partial charge >= 0.3 is 23.6 Å². The Kier molecular flexibility index (Phi) is 31.0. The van der Waals surface area contributed by atoms with E-state index in [1.807, 2.05) is 60.7 Å². The van der Waals surface area contributed by atoms with Crippen molar-refractivity contribution in [3.63, 3.8) is 0 Å². The number of nitrogens with zero attached hydrogens (tertiary/aromatic N) is 4. The third-order valence-corrected chi connectivity index (χ3v) is 11.1. The Balaban J connectivity index is 0.000000526. The first kappa shape index (κ1) is 57.3. The summed E-state index contributed by atoms with van der Waals surface area (Å²) in [5.74, 6) is 2.00. The highest BCUT2D eigenvalue weighted by molar-refractivity contribution is 9.10. The van der Waals surface area contributed by atoms with Crippen LogP contribution in [0.2, 0.25) is 0 Å². The van der Waals surface area contributed by atoms with Crippen LogP contribution in [0.3, 0.4) is 0 Å². The van der Waals surface area contributed by atoms with Gasteiger partial charge in [0.1, 0.15) is 13.2 Å². The van der Waals surface area contributed by atoms with Crippen LogP contribution in [-0.2, 0) is 32.3 Å². The second-order valence-electron chi connectivity index (χ2n) is 14.3. The molecule has 0 aliphatic heterocycles. The molecule has 4 aromatic rings. The number of benzene rings is 2. The lowest BCUT2D eigenvalue weighted by atomic mass is 10.0. The van der Waals surface area contributed by atoms with Gasteiger partial charge in [-0.2, -0.15) is 12.6 Å². The van der Waals surface area contributed by atoms with Crippen LogP contribution in [-0.4, -0.2) is 56.5 Å². The summed E-state index contributed by atoms with van der Waals surface area (Å²) >= 11 is 8.39. The zero-order valence-corrected chi connectivity index (χ0v) is 40.0. The summed E-state index contributed by atoms with van der Waals surface area (Å²) in [5, 5.41) is 22.0. The van der Waals surface area contributed by atoms with Crippen molar-refractivity contribution in [2.24, 2.45) is 11.8 Å². The lowest BCUT2D eigenvalue weighted by molar-refractivity contribution is -0.390. The fraction of sp³-hybridized carbons (Fsp3) is 0.489. The van der Waals surface area contributed by atoms with E-state index in [-0.39, 0.29) is 37.4 Å². The van der Waals surface area contributed by atoms with Gasteiger partial charge < -0.3 is 39.2 Å². The summed E-state index contributed by atoms with van der Waals surface area (Å²) in [7, 11) is 0. The highest BCUT2D eigenvalue weighted by atomic mass is 79.9. The third-order valence-electron chi connectivity index (χ3n) is 9.37. The van der Waals surface area contributed by atoms with Gasteiger partial charge in [-0.1, -0.05) is 146 Å². The number of rotatable bonds is 26. The van der Waals surface area contributed by atoms with Crippen LogP contribution in [0.4, 0.5) is 11.6 Å².